The molecule has 0 saturated heterocycles. The van der Waals surface area contributed by atoms with Gasteiger partial charge in [-0.25, -0.2) is 13.2 Å². The van der Waals surface area contributed by atoms with Crippen molar-refractivity contribution in [2.75, 3.05) is 4.31 Å². The third-order valence-corrected chi connectivity index (χ3v) is 5.82. The van der Waals surface area contributed by atoms with E-state index in [0.717, 1.165) is 15.4 Å². The van der Waals surface area contributed by atoms with Gasteiger partial charge in [-0.3, -0.25) is 4.31 Å². The SMILES string of the molecule is CCc1cccc(C)c1N(C(C)C(=O)O)S(=O)(=O)c1ccccc1. The fourth-order valence-corrected chi connectivity index (χ4v) is 4.38. The first-order valence-electron chi connectivity index (χ1n) is 7.71. The molecule has 2 aromatic carbocycles. The molecule has 24 heavy (non-hydrogen) atoms. The van der Waals surface area contributed by atoms with E-state index in [9.17, 15) is 18.3 Å². The summed E-state index contributed by atoms with van der Waals surface area (Å²) in [4.78, 5) is 11.7. The minimum atomic E-state index is -4.00. The van der Waals surface area contributed by atoms with Gasteiger partial charge in [0.1, 0.15) is 6.04 Å². The van der Waals surface area contributed by atoms with E-state index in [0.29, 0.717) is 12.1 Å². The lowest BCUT2D eigenvalue weighted by Crippen LogP contribution is -2.44. The molecular weight excluding hydrogens is 326 g/mol. The Morgan fingerprint density at radius 2 is 1.75 bits per heavy atom. The largest absolute Gasteiger partial charge is 0.480 e. The minimum absolute atomic E-state index is 0.0726. The number of aryl methyl sites for hydroxylation is 2. The van der Waals surface area contributed by atoms with Gasteiger partial charge in [-0.15, -0.1) is 0 Å². The number of carbonyl (C=O) groups is 1. The molecule has 0 amide bonds. The first kappa shape index (κ1) is 18.0. The maximum Gasteiger partial charge on any atom is 0.327 e. The van der Waals surface area contributed by atoms with Gasteiger partial charge in [-0.05, 0) is 43.5 Å². The molecule has 1 atom stereocenters. The van der Waals surface area contributed by atoms with Crippen LogP contribution in [0.25, 0.3) is 0 Å². The summed E-state index contributed by atoms with van der Waals surface area (Å²) in [6, 6.07) is 12.1. The fourth-order valence-electron chi connectivity index (χ4n) is 2.65. The standard InChI is InChI=1S/C18H21NO4S/c1-4-15-10-8-9-13(2)17(15)19(14(3)18(20)21)24(22,23)16-11-6-5-7-12-16/h5-12,14H,4H2,1-3H3,(H,20,21). The van der Waals surface area contributed by atoms with Crippen LogP contribution in [0.15, 0.2) is 53.4 Å². The molecule has 6 heteroatoms. The molecule has 0 radical (unpaired) electrons. The van der Waals surface area contributed by atoms with Gasteiger partial charge in [-0.1, -0.05) is 43.3 Å². The second-order valence-corrected chi connectivity index (χ2v) is 7.38. The zero-order valence-electron chi connectivity index (χ0n) is 13.9. The van der Waals surface area contributed by atoms with Crippen LogP contribution in [0.3, 0.4) is 0 Å². The van der Waals surface area contributed by atoms with E-state index in [2.05, 4.69) is 0 Å². The number of para-hydroxylation sites is 1. The summed E-state index contributed by atoms with van der Waals surface area (Å²) in [7, 11) is -4.00. The molecule has 1 unspecified atom stereocenters. The van der Waals surface area contributed by atoms with Crippen molar-refractivity contribution < 1.29 is 18.3 Å². The normalized spacial score (nSPS) is 12.6. The Hall–Kier alpha value is -2.34. The Morgan fingerprint density at radius 1 is 1.12 bits per heavy atom. The molecule has 128 valence electrons. The molecule has 5 nitrogen and oxygen atoms in total. The van der Waals surface area contributed by atoms with Crippen LogP contribution in [-0.4, -0.2) is 25.5 Å². The molecule has 0 aliphatic rings. The number of anilines is 1. The van der Waals surface area contributed by atoms with Crippen molar-refractivity contribution in [3.63, 3.8) is 0 Å². The number of hydrogen-bond acceptors (Lipinski definition) is 3. The third kappa shape index (κ3) is 3.28. The molecule has 0 spiro atoms. The zero-order chi connectivity index (χ0) is 17.9. The molecule has 2 rings (SSSR count). The molecule has 0 saturated carbocycles. The Balaban J connectivity index is 2.75. The van der Waals surface area contributed by atoms with Crippen LogP contribution in [0.5, 0.6) is 0 Å². The summed E-state index contributed by atoms with van der Waals surface area (Å²) < 4.78 is 27.3. The van der Waals surface area contributed by atoms with E-state index in [1.807, 2.05) is 19.1 Å². The van der Waals surface area contributed by atoms with Crippen molar-refractivity contribution in [1.82, 2.24) is 0 Å². The quantitative estimate of drug-likeness (QED) is 0.870. The van der Waals surface area contributed by atoms with E-state index in [1.165, 1.54) is 19.1 Å². The molecule has 2 aromatic rings. The number of carboxylic acid groups (broad SMARTS) is 1. The molecule has 0 aliphatic heterocycles. The molecule has 0 aromatic heterocycles. The maximum absolute atomic E-state index is 13.2. The predicted octanol–water partition coefficient (Wildman–Crippen LogP) is 3.23. The monoisotopic (exact) mass is 347 g/mol. The summed E-state index contributed by atoms with van der Waals surface area (Å²) in [6.45, 7) is 5.09. The van der Waals surface area contributed by atoms with Crippen LogP contribution in [0, 0.1) is 6.92 Å². The van der Waals surface area contributed by atoms with Crippen LogP contribution >= 0.6 is 0 Å². The van der Waals surface area contributed by atoms with Crippen molar-refractivity contribution >= 4 is 21.7 Å². The highest BCUT2D eigenvalue weighted by molar-refractivity contribution is 7.93. The maximum atomic E-state index is 13.2. The second kappa shape index (κ2) is 7.05. The van der Waals surface area contributed by atoms with Crippen molar-refractivity contribution in [3.8, 4) is 0 Å². The number of nitrogens with zero attached hydrogens (tertiary/aromatic N) is 1. The third-order valence-electron chi connectivity index (χ3n) is 3.93. The van der Waals surface area contributed by atoms with Gasteiger partial charge in [0, 0.05) is 0 Å². The van der Waals surface area contributed by atoms with Gasteiger partial charge < -0.3 is 5.11 Å². The minimum Gasteiger partial charge on any atom is -0.480 e. The van der Waals surface area contributed by atoms with Crippen LogP contribution < -0.4 is 4.31 Å². The van der Waals surface area contributed by atoms with Crippen molar-refractivity contribution in [1.29, 1.82) is 0 Å². The first-order chi connectivity index (χ1) is 11.3. The molecule has 0 fully saturated rings. The Bertz CT molecular complexity index is 831. The summed E-state index contributed by atoms with van der Waals surface area (Å²) >= 11 is 0. The van der Waals surface area contributed by atoms with Crippen LogP contribution in [0.1, 0.15) is 25.0 Å². The van der Waals surface area contributed by atoms with E-state index in [4.69, 9.17) is 0 Å². The van der Waals surface area contributed by atoms with Crippen molar-refractivity contribution in [2.24, 2.45) is 0 Å². The van der Waals surface area contributed by atoms with Gasteiger partial charge in [0.2, 0.25) is 0 Å². The number of carboxylic acids is 1. The number of hydrogen-bond donors (Lipinski definition) is 1. The summed E-state index contributed by atoms with van der Waals surface area (Å²) in [6.07, 6.45) is 0.601. The lowest BCUT2D eigenvalue weighted by Gasteiger charge is -2.31. The predicted molar refractivity (Wildman–Crippen MR) is 93.8 cm³/mol. The lowest BCUT2D eigenvalue weighted by molar-refractivity contribution is -0.137. The van der Waals surface area contributed by atoms with Gasteiger partial charge in [0.05, 0.1) is 10.6 Å². The highest BCUT2D eigenvalue weighted by Crippen LogP contribution is 2.32. The topological polar surface area (TPSA) is 74.7 Å². The molecule has 0 aliphatic carbocycles. The smallest absolute Gasteiger partial charge is 0.327 e. The van der Waals surface area contributed by atoms with Gasteiger partial charge in [0.25, 0.3) is 10.0 Å². The molecule has 0 heterocycles. The second-order valence-electron chi connectivity index (χ2n) is 5.56. The summed E-state index contributed by atoms with van der Waals surface area (Å²) in [5, 5.41) is 9.47. The fraction of sp³-hybridized carbons (Fsp3) is 0.278. The first-order valence-corrected chi connectivity index (χ1v) is 9.15. The molecular formula is C18H21NO4S. The number of sulfonamides is 1. The van der Waals surface area contributed by atoms with Crippen molar-refractivity contribution in [2.45, 2.75) is 38.1 Å². The Morgan fingerprint density at radius 3 is 2.29 bits per heavy atom. The summed E-state index contributed by atoms with van der Waals surface area (Å²) in [5.74, 6) is -1.19. The number of rotatable bonds is 6. The lowest BCUT2D eigenvalue weighted by atomic mass is 10.1. The zero-order valence-corrected chi connectivity index (χ0v) is 14.7. The van der Waals surface area contributed by atoms with Crippen LogP contribution in [0.4, 0.5) is 5.69 Å². The highest BCUT2D eigenvalue weighted by atomic mass is 32.2. The van der Waals surface area contributed by atoms with Crippen molar-refractivity contribution in [3.05, 3.63) is 59.7 Å². The van der Waals surface area contributed by atoms with E-state index >= 15 is 0 Å². The Kier molecular flexibility index (Phi) is 5.29. The van der Waals surface area contributed by atoms with Gasteiger partial charge >= 0.3 is 5.97 Å². The van der Waals surface area contributed by atoms with E-state index < -0.39 is 22.0 Å². The Labute approximate surface area is 142 Å². The van der Waals surface area contributed by atoms with Crippen LogP contribution in [0.2, 0.25) is 0 Å². The average molecular weight is 347 g/mol. The number of aliphatic carboxylic acids is 1. The van der Waals surface area contributed by atoms with E-state index in [1.54, 1.807) is 31.2 Å². The molecule has 1 N–H and O–H groups in total. The molecule has 0 bridgehead atoms. The van der Waals surface area contributed by atoms with Crippen LogP contribution in [-0.2, 0) is 21.2 Å². The van der Waals surface area contributed by atoms with Gasteiger partial charge in [-0.2, -0.15) is 0 Å². The van der Waals surface area contributed by atoms with Gasteiger partial charge in [0.15, 0.2) is 0 Å². The number of benzene rings is 2. The van der Waals surface area contributed by atoms with E-state index in [-0.39, 0.29) is 4.90 Å². The summed E-state index contributed by atoms with van der Waals surface area (Å²) in [5.41, 5.74) is 1.96. The average Bonchev–Trinajstić information content (AvgIpc) is 2.56. The highest BCUT2D eigenvalue weighted by Gasteiger charge is 2.35.